The molecule has 5 rings (SSSR count). The van der Waals surface area contributed by atoms with Gasteiger partial charge in [-0.3, -0.25) is 0 Å². The van der Waals surface area contributed by atoms with E-state index in [0.29, 0.717) is 0 Å². The minimum atomic E-state index is 1.01. The fourth-order valence-electron chi connectivity index (χ4n) is 4.03. The molecule has 1 saturated heterocycles. The summed E-state index contributed by atoms with van der Waals surface area (Å²) in [6.45, 7) is 4.60. The Morgan fingerprint density at radius 1 is 0.880 bits per heavy atom. The quantitative estimate of drug-likeness (QED) is 0.570. The molecule has 1 N–H and O–H groups in total. The molecule has 0 radical (unpaired) electrons. The van der Waals surface area contributed by atoms with Gasteiger partial charge in [-0.25, -0.2) is 9.55 Å². The van der Waals surface area contributed by atoms with Crippen LogP contribution in [0.2, 0.25) is 0 Å². The van der Waals surface area contributed by atoms with Crippen molar-refractivity contribution in [2.45, 2.75) is 19.4 Å². The van der Waals surface area contributed by atoms with Crippen LogP contribution in [0.5, 0.6) is 0 Å². The Labute approximate surface area is 147 Å². The highest BCUT2D eigenvalue weighted by Gasteiger charge is 2.23. The summed E-state index contributed by atoms with van der Waals surface area (Å²) in [5.41, 5.74) is 4.96. The Kier molecular flexibility index (Phi) is 3.56. The summed E-state index contributed by atoms with van der Waals surface area (Å²) < 4.78 is 4.73. The Balaban J connectivity index is 1.64. The number of hydrogen-bond acceptors (Lipinski definition) is 1. The lowest BCUT2D eigenvalue weighted by Gasteiger charge is -2.13. The molecule has 4 heteroatoms. The maximum Gasteiger partial charge on any atom is 0.368 e. The van der Waals surface area contributed by atoms with Gasteiger partial charge >= 0.3 is 5.78 Å². The van der Waals surface area contributed by atoms with Crippen LogP contribution in [0.1, 0.15) is 12.8 Å². The van der Waals surface area contributed by atoms with Gasteiger partial charge in [-0.2, -0.15) is 4.40 Å². The first-order valence-corrected chi connectivity index (χ1v) is 9.19. The number of imidazole rings is 2. The predicted octanol–water partition coefficient (Wildman–Crippen LogP) is 3.47. The first kappa shape index (κ1) is 14.7. The van der Waals surface area contributed by atoms with Gasteiger partial charge in [0.2, 0.25) is 0 Å². The highest BCUT2D eigenvalue weighted by Crippen LogP contribution is 2.22. The second-order valence-electron chi connectivity index (χ2n) is 6.92. The van der Waals surface area contributed by atoms with Gasteiger partial charge in [0.25, 0.3) is 0 Å². The summed E-state index contributed by atoms with van der Waals surface area (Å²) in [5.74, 6) is 1.17. The average molecular weight is 331 g/mol. The van der Waals surface area contributed by atoms with E-state index in [0.717, 1.165) is 13.1 Å². The molecule has 1 fully saturated rings. The molecule has 0 atom stereocenters. The van der Waals surface area contributed by atoms with E-state index in [1.165, 1.54) is 54.0 Å². The van der Waals surface area contributed by atoms with Crippen molar-refractivity contribution in [3.05, 3.63) is 60.8 Å². The zero-order valence-electron chi connectivity index (χ0n) is 14.4. The summed E-state index contributed by atoms with van der Waals surface area (Å²) in [6, 6.07) is 19.2. The van der Waals surface area contributed by atoms with E-state index in [9.17, 15) is 0 Å². The van der Waals surface area contributed by atoms with Crippen LogP contribution in [0.15, 0.2) is 60.8 Å². The summed E-state index contributed by atoms with van der Waals surface area (Å²) in [6.07, 6.45) is 4.95. The number of nitrogens with one attached hydrogen (secondary N) is 1. The molecule has 0 aliphatic carbocycles. The normalized spacial score (nSPS) is 15.5. The largest absolute Gasteiger partial charge is 0.368 e. The average Bonchev–Trinajstić information content (AvgIpc) is 3.36. The highest BCUT2D eigenvalue weighted by atomic mass is 15.2. The van der Waals surface area contributed by atoms with Crippen molar-refractivity contribution in [2.24, 2.45) is 0 Å². The molecule has 0 bridgehead atoms. The third-order valence-electron chi connectivity index (χ3n) is 5.34. The molecule has 2 aromatic heterocycles. The second-order valence-corrected chi connectivity index (χ2v) is 6.92. The molecular formula is C21H23N4+. The van der Waals surface area contributed by atoms with Gasteiger partial charge in [-0.1, -0.05) is 42.5 Å². The van der Waals surface area contributed by atoms with Gasteiger partial charge in [0.1, 0.15) is 22.9 Å². The van der Waals surface area contributed by atoms with Crippen molar-refractivity contribution < 1.29 is 4.40 Å². The van der Waals surface area contributed by atoms with Crippen molar-refractivity contribution in [1.82, 2.24) is 14.5 Å². The number of H-pyrrole nitrogens is 1. The number of fused-ring (bicyclic) bond motifs is 3. The number of para-hydroxylation sites is 2. The SMILES string of the molecule is c1ccc(-c2c[n+]3c4ccccc4[nH]c3n2CCN2CCCC2)cc1. The van der Waals surface area contributed by atoms with Crippen LogP contribution in [0, 0.1) is 0 Å². The molecule has 4 nitrogen and oxygen atoms in total. The lowest BCUT2D eigenvalue weighted by atomic mass is 10.2. The summed E-state index contributed by atoms with van der Waals surface area (Å²) >= 11 is 0. The van der Waals surface area contributed by atoms with Crippen LogP contribution >= 0.6 is 0 Å². The van der Waals surface area contributed by atoms with Crippen molar-refractivity contribution in [3.63, 3.8) is 0 Å². The maximum absolute atomic E-state index is 3.62. The number of nitrogens with zero attached hydrogens (tertiary/aromatic N) is 3. The fourth-order valence-corrected chi connectivity index (χ4v) is 4.03. The Morgan fingerprint density at radius 3 is 2.48 bits per heavy atom. The number of rotatable bonds is 4. The first-order valence-electron chi connectivity index (χ1n) is 9.19. The van der Waals surface area contributed by atoms with E-state index in [-0.39, 0.29) is 0 Å². The zero-order chi connectivity index (χ0) is 16.6. The number of aromatic amines is 1. The third-order valence-corrected chi connectivity index (χ3v) is 5.34. The fraction of sp³-hybridized carbons (Fsp3) is 0.286. The molecule has 0 amide bonds. The topological polar surface area (TPSA) is 28.1 Å². The molecule has 1 aliphatic rings. The summed E-state index contributed by atoms with van der Waals surface area (Å²) in [5, 5.41) is 0. The van der Waals surface area contributed by atoms with Gasteiger partial charge in [-0.15, -0.1) is 0 Å². The van der Waals surface area contributed by atoms with Crippen LogP contribution in [0.3, 0.4) is 0 Å². The zero-order valence-corrected chi connectivity index (χ0v) is 14.4. The first-order chi connectivity index (χ1) is 12.4. The maximum atomic E-state index is 3.62. The smallest absolute Gasteiger partial charge is 0.300 e. The standard InChI is InChI=1S/C21H22N4/c1-2-8-17(9-3-1)20-16-25-19-11-5-4-10-18(19)22-21(25)24(20)15-14-23-12-6-7-13-23/h1-5,8-11,16H,6-7,12-15H2/p+1. The molecule has 126 valence electrons. The van der Waals surface area contributed by atoms with Gasteiger partial charge in [0, 0.05) is 12.1 Å². The second kappa shape index (κ2) is 6.05. The molecule has 2 aromatic carbocycles. The van der Waals surface area contributed by atoms with E-state index >= 15 is 0 Å². The Morgan fingerprint density at radius 2 is 1.64 bits per heavy atom. The van der Waals surface area contributed by atoms with Crippen molar-refractivity contribution in [3.8, 4) is 11.3 Å². The van der Waals surface area contributed by atoms with Crippen LogP contribution in [0.25, 0.3) is 28.1 Å². The Bertz CT molecular complexity index is 1010. The van der Waals surface area contributed by atoms with Gasteiger partial charge < -0.3 is 4.90 Å². The third kappa shape index (κ3) is 2.53. The van der Waals surface area contributed by atoms with Gasteiger partial charge in [0.05, 0.1) is 6.54 Å². The summed E-state index contributed by atoms with van der Waals surface area (Å²) in [7, 11) is 0. The molecular weight excluding hydrogens is 308 g/mol. The van der Waals surface area contributed by atoms with Gasteiger partial charge in [-0.05, 0) is 38.1 Å². The minimum Gasteiger partial charge on any atom is -0.300 e. The number of aromatic nitrogens is 3. The molecule has 0 unspecified atom stereocenters. The van der Waals surface area contributed by atoms with Crippen LogP contribution in [0.4, 0.5) is 0 Å². The highest BCUT2D eigenvalue weighted by molar-refractivity contribution is 5.74. The molecule has 0 spiro atoms. The molecule has 4 aromatic rings. The van der Waals surface area contributed by atoms with Gasteiger partial charge in [0.15, 0.2) is 0 Å². The molecule has 25 heavy (non-hydrogen) atoms. The predicted molar refractivity (Wildman–Crippen MR) is 101 cm³/mol. The number of benzene rings is 2. The van der Waals surface area contributed by atoms with E-state index < -0.39 is 0 Å². The minimum absolute atomic E-state index is 1.01. The molecule has 1 aliphatic heterocycles. The van der Waals surface area contributed by atoms with E-state index in [4.69, 9.17) is 0 Å². The van der Waals surface area contributed by atoms with Crippen molar-refractivity contribution in [1.29, 1.82) is 0 Å². The van der Waals surface area contributed by atoms with Crippen LogP contribution in [-0.4, -0.2) is 34.1 Å². The lowest BCUT2D eigenvalue weighted by molar-refractivity contribution is -0.479. The van der Waals surface area contributed by atoms with E-state index in [1.54, 1.807) is 0 Å². The van der Waals surface area contributed by atoms with E-state index in [1.807, 2.05) is 0 Å². The van der Waals surface area contributed by atoms with Crippen LogP contribution < -0.4 is 4.40 Å². The Hall–Kier alpha value is -2.59. The number of hydrogen-bond donors (Lipinski definition) is 1. The van der Waals surface area contributed by atoms with Crippen molar-refractivity contribution in [2.75, 3.05) is 19.6 Å². The number of likely N-dealkylation sites (tertiary alicyclic amines) is 1. The van der Waals surface area contributed by atoms with Crippen molar-refractivity contribution >= 4 is 16.8 Å². The molecule has 0 saturated carbocycles. The monoisotopic (exact) mass is 331 g/mol. The summed E-state index contributed by atoms with van der Waals surface area (Å²) in [4.78, 5) is 6.20. The molecule has 3 heterocycles. The lowest BCUT2D eigenvalue weighted by Crippen LogP contribution is -2.25. The van der Waals surface area contributed by atoms with Crippen LogP contribution in [-0.2, 0) is 6.54 Å². The van der Waals surface area contributed by atoms with E-state index in [2.05, 4.69) is 79.6 Å².